The minimum atomic E-state index is -0.102. The van der Waals surface area contributed by atoms with Crippen LogP contribution in [0.3, 0.4) is 0 Å². The van der Waals surface area contributed by atoms with E-state index in [1.54, 1.807) is 12.1 Å². The summed E-state index contributed by atoms with van der Waals surface area (Å²) in [5.41, 5.74) is 2.45. The summed E-state index contributed by atoms with van der Waals surface area (Å²) < 4.78 is 2.00. The lowest BCUT2D eigenvalue weighted by atomic mass is 10.2. The van der Waals surface area contributed by atoms with Gasteiger partial charge in [0.05, 0.1) is 0 Å². The molecule has 20 heavy (non-hydrogen) atoms. The molecule has 1 heterocycles. The maximum atomic E-state index is 12.1. The molecule has 0 saturated carbocycles. The van der Waals surface area contributed by atoms with Crippen molar-refractivity contribution in [2.75, 3.05) is 5.32 Å². The zero-order valence-electron chi connectivity index (χ0n) is 10.9. The van der Waals surface area contributed by atoms with Crippen molar-refractivity contribution in [3.05, 3.63) is 84.7 Å². The van der Waals surface area contributed by atoms with Crippen LogP contribution in [-0.4, -0.2) is 10.5 Å². The van der Waals surface area contributed by atoms with Gasteiger partial charge in [-0.3, -0.25) is 4.79 Å². The normalized spacial score (nSPS) is 10.2. The maximum absolute atomic E-state index is 12.1. The molecule has 1 aromatic heterocycles. The van der Waals surface area contributed by atoms with Crippen LogP contribution in [0.2, 0.25) is 0 Å². The third kappa shape index (κ3) is 2.62. The highest BCUT2D eigenvalue weighted by molar-refractivity contribution is 6.04. The highest BCUT2D eigenvalue weighted by atomic mass is 16.1. The molecule has 0 spiro atoms. The lowest BCUT2D eigenvalue weighted by molar-refractivity contribution is 0.102. The van der Waals surface area contributed by atoms with Crippen molar-refractivity contribution < 1.29 is 4.79 Å². The number of hydrogen-bond acceptors (Lipinski definition) is 1. The van der Waals surface area contributed by atoms with Crippen LogP contribution in [0.5, 0.6) is 0 Å². The predicted octanol–water partition coefficient (Wildman–Crippen LogP) is 3.73. The van der Waals surface area contributed by atoms with Gasteiger partial charge in [-0.05, 0) is 42.5 Å². The number of aromatic nitrogens is 1. The second kappa shape index (κ2) is 5.45. The topological polar surface area (TPSA) is 34.0 Å². The first-order valence-electron chi connectivity index (χ1n) is 6.43. The molecule has 0 fully saturated rings. The summed E-state index contributed by atoms with van der Waals surface area (Å²) >= 11 is 0. The number of nitrogens with one attached hydrogen (secondary N) is 1. The van der Waals surface area contributed by atoms with Crippen LogP contribution in [-0.2, 0) is 0 Å². The van der Waals surface area contributed by atoms with E-state index in [0.717, 1.165) is 11.4 Å². The van der Waals surface area contributed by atoms with Crippen molar-refractivity contribution in [2.24, 2.45) is 0 Å². The smallest absolute Gasteiger partial charge is 0.255 e. The van der Waals surface area contributed by atoms with Gasteiger partial charge in [0, 0.05) is 29.3 Å². The third-order valence-corrected chi connectivity index (χ3v) is 3.04. The minimum Gasteiger partial charge on any atom is -0.324 e. The van der Waals surface area contributed by atoms with Gasteiger partial charge in [0.1, 0.15) is 0 Å². The Balaban J connectivity index is 1.82. The second-order valence-electron chi connectivity index (χ2n) is 4.46. The van der Waals surface area contributed by atoms with E-state index in [1.807, 2.05) is 71.6 Å². The Morgan fingerprint density at radius 2 is 1.60 bits per heavy atom. The first-order chi connectivity index (χ1) is 9.83. The van der Waals surface area contributed by atoms with Gasteiger partial charge in [-0.2, -0.15) is 0 Å². The van der Waals surface area contributed by atoms with Gasteiger partial charge < -0.3 is 9.88 Å². The van der Waals surface area contributed by atoms with E-state index in [4.69, 9.17) is 0 Å². The molecule has 3 aromatic rings. The zero-order chi connectivity index (χ0) is 13.8. The summed E-state index contributed by atoms with van der Waals surface area (Å²) in [7, 11) is 0. The average molecular weight is 262 g/mol. The van der Waals surface area contributed by atoms with Crippen molar-refractivity contribution in [3.8, 4) is 5.69 Å². The predicted molar refractivity (Wildman–Crippen MR) is 80.2 cm³/mol. The van der Waals surface area contributed by atoms with Crippen LogP contribution < -0.4 is 5.32 Å². The summed E-state index contributed by atoms with van der Waals surface area (Å²) in [5, 5.41) is 2.91. The molecule has 2 aromatic carbocycles. The summed E-state index contributed by atoms with van der Waals surface area (Å²) in [5.74, 6) is -0.102. The monoisotopic (exact) mass is 262 g/mol. The second-order valence-corrected chi connectivity index (χ2v) is 4.46. The van der Waals surface area contributed by atoms with Crippen LogP contribution >= 0.6 is 0 Å². The van der Waals surface area contributed by atoms with E-state index in [1.165, 1.54) is 0 Å². The van der Waals surface area contributed by atoms with Crippen LogP contribution in [0.1, 0.15) is 10.4 Å². The number of amides is 1. The van der Waals surface area contributed by atoms with Gasteiger partial charge in [0.2, 0.25) is 0 Å². The highest BCUT2D eigenvalue weighted by Crippen LogP contribution is 2.15. The summed E-state index contributed by atoms with van der Waals surface area (Å²) in [6.45, 7) is 0. The first kappa shape index (κ1) is 12.2. The SMILES string of the molecule is O=C(Nc1cccc(-n2cccc2)c1)c1ccccc1. The number of carbonyl (C=O) groups is 1. The zero-order valence-corrected chi connectivity index (χ0v) is 10.9. The van der Waals surface area contributed by atoms with Gasteiger partial charge in [0.15, 0.2) is 0 Å². The molecule has 3 nitrogen and oxygen atoms in total. The molecule has 0 saturated heterocycles. The molecule has 0 radical (unpaired) electrons. The van der Waals surface area contributed by atoms with Gasteiger partial charge >= 0.3 is 0 Å². The van der Waals surface area contributed by atoms with E-state index in [0.29, 0.717) is 5.56 Å². The highest BCUT2D eigenvalue weighted by Gasteiger charge is 2.05. The lowest BCUT2D eigenvalue weighted by Gasteiger charge is -2.08. The fourth-order valence-corrected chi connectivity index (χ4v) is 2.04. The number of benzene rings is 2. The Bertz CT molecular complexity index is 703. The molecule has 98 valence electrons. The van der Waals surface area contributed by atoms with Crippen molar-refractivity contribution in [1.82, 2.24) is 4.57 Å². The van der Waals surface area contributed by atoms with Crippen LogP contribution in [0.25, 0.3) is 5.69 Å². The van der Waals surface area contributed by atoms with E-state index in [2.05, 4.69) is 5.32 Å². The standard InChI is InChI=1S/C17H14N2O/c20-17(14-7-2-1-3-8-14)18-15-9-6-10-16(13-15)19-11-4-5-12-19/h1-13H,(H,18,20). The summed E-state index contributed by atoms with van der Waals surface area (Å²) in [6.07, 6.45) is 3.94. The number of nitrogens with zero attached hydrogens (tertiary/aromatic N) is 1. The van der Waals surface area contributed by atoms with Crippen LogP contribution in [0.15, 0.2) is 79.1 Å². The van der Waals surface area contributed by atoms with Crippen molar-refractivity contribution in [3.63, 3.8) is 0 Å². The largest absolute Gasteiger partial charge is 0.324 e. The van der Waals surface area contributed by atoms with Crippen molar-refractivity contribution in [1.29, 1.82) is 0 Å². The Morgan fingerprint density at radius 1 is 0.850 bits per heavy atom. The Labute approximate surface area is 117 Å². The quantitative estimate of drug-likeness (QED) is 0.766. The van der Waals surface area contributed by atoms with Gasteiger partial charge in [-0.25, -0.2) is 0 Å². The molecular weight excluding hydrogens is 248 g/mol. The summed E-state index contributed by atoms with van der Waals surface area (Å²) in [4.78, 5) is 12.1. The Morgan fingerprint density at radius 3 is 2.35 bits per heavy atom. The van der Waals surface area contributed by atoms with E-state index < -0.39 is 0 Å². The molecule has 0 atom stereocenters. The van der Waals surface area contributed by atoms with Gasteiger partial charge in [-0.15, -0.1) is 0 Å². The average Bonchev–Trinajstić information content (AvgIpc) is 3.03. The number of carbonyl (C=O) groups excluding carboxylic acids is 1. The maximum Gasteiger partial charge on any atom is 0.255 e. The molecule has 3 heteroatoms. The Hall–Kier alpha value is -2.81. The lowest BCUT2D eigenvalue weighted by Crippen LogP contribution is -2.11. The molecular formula is C17H14N2O. The first-order valence-corrected chi connectivity index (χ1v) is 6.43. The fourth-order valence-electron chi connectivity index (χ4n) is 2.04. The number of rotatable bonds is 3. The molecule has 1 amide bonds. The van der Waals surface area contributed by atoms with E-state index in [-0.39, 0.29) is 5.91 Å². The molecule has 0 bridgehead atoms. The van der Waals surface area contributed by atoms with E-state index in [9.17, 15) is 4.79 Å². The molecule has 0 unspecified atom stereocenters. The molecule has 3 rings (SSSR count). The van der Waals surface area contributed by atoms with E-state index >= 15 is 0 Å². The summed E-state index contributed by atoms with van der Waals surface area (Å²) in [6, 6.07) is 20.9. The van der Waals surface area contributed by atoms with Crippen LogP contribution in [0, 0.1) is 0 Å². The van der Waals surface area contributed by atoms with Gasteiger partial charge in [-0.1, -0.05) is 24.3 Å². The van der Waals surface area contributed by atoms with Crippen LogP contribution in [0.4, 0.5) is 5.69 Å². The number of hydrogen-bond donors (Lipinski definition) is 1. The molecule has 1 N–H and O–H groups in total. The minimum absolute atomic E-state index is 0.102. The van der Waals surface area contributed by atoms with Gasteiger partial charge in [0.25, 0.3) is 5.91 Å². The third-order valence-electron chi connectivity index (χ3n) is 3.04. The molecule has 0 aliphatic rings. The Kier molecular flexibility index (Phi) is 3.33. The molecule has 0 aliphatic heterocycles. The molecule has 0 aliphatic carbocycles. The number of anilines is 1. The van der Waals surface area contributed by atoms with Crippen molar-refractivity contribution in [2.45, 2.75) is 0 Å². The van der Waals surface area contributed by atoms with Crippen molar-refractivity contribution >= 4 is 11.6 Å². The fraction of sp³-hybridized carbons (Fsp3) is 0.